The molecule has 8 nitrogen and oxygen atoms in total. The molecule has 3 N–H and O–H groups in total. The topological polar surface area (TPSA) is 110 Å². The van der Waals surface area contributed by atoms with E-state index >= 15 is 0 Å². The lowest BCUT2D eigenvalue weighted by Crippen LogP contribution is -2.38. The smallest absolute Gasteiger partial charge is 0.227 e. The van der Waals surface area contributed by atoms with Crippen LogP contribution in [-0.2, 0) is 9.59 Å². The third kappa shape index (κ3) is 4.67. The highest BCUT2D eigenvalue weighted by Crippen LogP contribution is 2.36. The van der Waals surface area contributed by atoms with E-state index in [9.17, 15) is 9.59 Å². The fourth-order valence-corrected chi connectivity index (χ4v) is 4.94. The van der Waals surface area contributed by atoms with Crippen molar-refractivity contribution in [1.82, 2.24) is 9.97 Å². The van der Waals surface area contributed by atoms with Crippen LogP contribution in [0.5, 0.6) is 5.75 Å². The number of aromatic nitrogens is 2. The predicted octanol–water partition coefficient (Wildman–Crippen LogP) is 3.42. The lowest BCUT2D eigenvalue weighted by molar-refractivity contribution is -0.120. The fraction of sp³-hybridized carbons (Fsp3) is 0.391. The van der Waals surface area contributed by atoms with Gasteiger partial charge in [-0.3, -0.25) is 9.59 Å². The summed E-state index contributed by atoms with van der Waals surface area (Å²) in [6, 6.07) is 7.23. The number of amides is 2. The second-order valence-electron chi connectivity index (χ2n) is 7.97. The average Bonchev–Trinajstić information content (AvgIpc) is 3.08. The van der Waals surface area contributed by atoms with Crippen LogP contribution < -0.4 is 20.7 Å². The Bertz CT molecular complexity index is 1140. The van der Waals surface area contributed by atoms with E-state index in [-0.39, 0.29) is 24.9 Å². The van der Waals surface area contributed by atoms with Gasteiger partial charge in [0.05, 0.1) is 24.1 Å². The Labute approximate surface area is 190 Å². The molecule has 0 saturated carbocycles. The third-order valence-electron chi connectivity index (χ3n) is 5.86. The van der Waals surface area contributed by atoms with Crippen LogP contribution in [0.4, 0.5) is 11.5 Å². The normalized spacial score (nSPS) is 14.5. The number of nitrogens with one attached hydrogen (secondary N) is 1. The number of thiophene rings is 1. The van der Waals surface area contributed by atoms with Crippen LogP contribution in [0.3, 0.4) is 0 Å². The Morgan fingerprint density at radius 2 is 1.97 bits per heavy atom. The zero-order valence-electron chi connectivity index (χ0n) is 18.3. The fourth-order valence-electron chi connectivity index (χ4n) is 3.95. The molecule has 2 aromatic heterocycles. The van der Waals surface area contributed by atoms with Crippen molar-refractivity contribution >= 4 is 44.9 Å². The maximum Gasteiger partial charge on any atom is 0.227 e. The van der Waals surface area contributed by atoms with Crippen molar-refractivity contribution in [3.8, 4) is 5.75 Å². The first-order valence-corrected chi connectivity index (χ1v) is 11.5. The zero-order valence-corrected chi connectivity index (χ0v) is 19.1. The molecule has 0 unspecified atom stereocenters. The van der Waals surface area contributed by atoms with Gasteiger partial charge in [-0.15, -0.1) is 11.3 Å². The van der Waals surface area contributed by atoms with Crippen LogP contribution in [0.25, 0.3) is 10.2 Å². The molecule has 168 valence electrons. The number of para-hydroxylation sites is 2. The van der Waals surface area contributed by atoms with E-state index in [2.05, 4.69) is 34.0 Å². The number of benzene rings is 1. The van der Waals surface area contributed by atoms with E-state index in [1.165, 1.54) is 10.4 Å². The van der Waals surface area contributed by atoms with E-state index in [0.29, 0.717) is 11.4 Å². The molecule has 3 aromatic rings. The van der Waals surface area contributed by atoms with E-state index in [0.717, 1.165) is 42.0 Å². The second kappa shape index (κ2) is 9.52. The Kier molecular flexibility index (Phi) is 6.55. The standard InChI is InChI=1S/C23H27N5O3S/c1-14-15(2)32-23-20(14)21(25-13-26-23)28-10-7-16(8-11-28)22(30)27-17-5-3-4-6-18(17)31-12-9-19(24)29/h3-6,13,16H,7-12H2,1-2H3,(H2,24,29)(H,27,30). The summed E-state index contributed by atoms with van der Waals surface area (Å²) in [6.45, 7) is 5.92. The summed E-state index contributed by atoms with van der Waals surface area (Å²) >= 11 is 1.69. The van der Waals surface area contributed by atoms with Crippen molar-refractivity contribution in [2.24, 2.45) is 11.7 Å². The molecular weight excluding hydrogens is 426 g/mol. The molecule has 0 atom stereocenters. The Morgan fingerprint density at radius 1 is 1.22 bits per heavy atom. The number of fused-ring (bicyclic) bond motifs is 1. The highest BCUT2D eigenvalue weighted by atomic mass is 32.1. The number of piperidine rings is 1. The van der Waals surface area contributed by atoms with Gasteiger partial charge < -0.3 is 20.7 Å². The number of nitrogens with zero attached hydrogens (tertiary/aromatic N) is 3. The lowest BCUT2D eigenvalue weighted by Gasteiger charge is -2.32. The van der Waals surface area contributed by atoms with Gasteiger partial charge in [0, 0.05) is 23.9 Å². The SMILES string of the molecule is Cc1sc2ncnc(N3CCC(C(=O)Nc4ccccc4OCCC(N)=O)CC3)c2c1C. The zero-order chi connectivity index (χ0) is 22.7. The van der Waals surface area contributed by atoms with Crippen LogP contribution in [0, 0.1) is 19.8 Å². The molecule has 3 heterocycles. The number of hydrogen-bond acceptors (Lipinski definition) is 7. The van der Waals surface area contributed by atoms with Crippen LogP contribution in [0.2, 0.25) is 0 Å². The van der Waals surface area contributed by atoms with Crippen molar-refractivity contribution in [3.63, 3.8) is 0 Å². The number of carbonyl (C=O) groups excluding carboxylic acids is 2. The predicted molar refractivity (Wildman–Crippen MR) is 126 cm³/mol. The number of primary amides is 1. The van der Waals surface area contributed by atoms with Crippen molar-refractivity contribution in [2.45, 2.75) is 33.1 Å². The third-order valence-corrected chi connectivity index (χ3v) is 6.98. The second-order valence-corrected chi connectivity index (χ2v) is 9.18. The van der Waals surface area contributed by atoms with Gasteiger partial charge in [-0.25, -0.2) is 9.97 Å². The number of rotatable bonds is 7. The molecule has 32 heavy (non-hydrogen) atoms. The molecule has 9 heteroatoms. The minimum atomic E-state index is -0.424. The molecule has 1 aromatic carbocycles. The summed E-state index contributed by atoms with van der Waals surface area (Å²) < 4.78 is 5.63. The highest BCUT2D eigenvalue weighted by Gasteiger charge is 2.28. The molecule has 2 amide bonds. The van der Waals surface area contributed by atoms with Gasteiger partial charge in [0.1, 0.15) is 22.7 Å². The molecule has 1 aliphatic rings. The van der Waals surface area contributed by atoms with Crippen molar-refractivity contribution in [2.75, 3.05) is 29.9 Å². The van der Waals surface area contributed by atoms with Gasteiger partial charge in [0.2, 0.25) is 11.8 Å². The largest absolute Gasteiger partial charge is 0.491 e. The molecule has 1 aliphatic heterocycles. The van der Waals surface area contributed by atoms with Crippen LogP contribution in [-0.4, -0.2) is 41.5 Å². The number of anilines is 2. The van der Waals surface area contributed by atoms with Crippen LogP contribution >= 0.6 is 11.3 Å². The molecule has 4 rings (SSSR count). The number of nitrogens with two attached hydrogens (primary N) is 1. The van der Waals surface area contributed by atoms with Crippen molar-refractivity contribution in [3.05, 3.63) is 41.0 Å². The van der Waals surface area contributed by atoms with Gasteiger partial charge in [-0.05, 0) is 44.4 Å². The number of hydrogen-bond donors (Lipinski definition) is 2. The first-order valence-electron chi connectivity index (χ1n) is 10.7. The summed E-state index contributed by atoms with van der Waals surface area (Å²) in [4.78, 5) is 37.4. The molecule has 0 bridgehead atoms. The summed E-state index contributed by atoms with van der Waals surface area (Å²) in [6.07, 6.45) is 3.23. The summed E-state index contributed by atoms with van der Waals surface area (Å²) in [5.41, 5.74) is 7.00. The molecule has 1 fully saturated rings. The Hall–Kier alpha value is -3.20. The maximum absolute atomic E-state index is 12.9. The molecule has 0 spiro atoms. The highest BCUT2D eigenvalue weighted by molar-refractivity contribution is 7.18. The minimum Gasteiger partial charge on any atom is -0.491 e. The summed E-state index contributed by atoms with van der Waals surface area (Å²) in [7, 11) is 0. The lowest BCUT2D eigenvalue weighted by atomic mass is 9.95. The van der Waals surface area contributed by atoms with Crippen molar-refractivity contribution < 1.29 is 14.3 Å². The van der Waals surface area contributed by atoms with Crippen molar-refractivity contribution in [1.29, 1.82) is 0 Å². The van der Waals surface area contributed by atoms with E-state index in [1.54, 1.807) is 29.8 Å². The molecular formula is C23H27N5O3S. The number of aryl methyl sites for hydroxylation is 2. The van der Waals surface area contributed by atoms with E-state index in [1.807, 2.05) is 12.1 Å². The Morgan fingerprint density at radius 3 is 2.72 bits per heavy atom. The van der Waals surface area contributed by atoms with Gasteiger partial charge in [0.15, 0.2) is 0 Å². The van der Waals surface area contributed by atoms with Crippen LogP contribution in [0.15, 0.2) is 30.6 Å². The van der Waals surface area contributed by atoms with Gasteiger partial charge in [-0.2, -0.15) is 0 Å². The van der Waals surface area contributed by atoms with Gasteiger partial charge in [0.25, 0.3) is 0 Å². The molecule has 0 radical (unpaired) electrons. The minimum absolute atomic E-state index is 0.0222. The van der Waals surface area contributed by atoms with E-state index in [4.69, 9.17) is 10.5 Å². The average molecular weight is 454 g/mol. The number of carbonyl (C=O) groups is 2. The van der Waals surface area contributed by atoms with Gasteiger partial charge in [-0.1, -0.05) is 12.1 Å². The molecule has 1 saturated heterocycles. The van der Waals surface area contributed by atoms with E-state index < -0.39 is 5.91 Å². The maximum atomic E-state index is 12.9. The monoisotopic (exact) mass is 453 g/mol. The molecule has 0 aliphatic carbocycles. The number of ether oxygens (including phenoxy) is 1. The summed E-state index contributed by atoms with van der Waals surface area (Å²) in [5, 5.41) is 4.12. The first-order chi connectivity index (χ1) is 15.4. The quantitative estimate of drug-likeness (QED) is 0.567. The summed E-state index contributed by atoms with van der Waals surface area (Å²) in [5.74, 6) is 0.959. The Balaban J connectivity index is 1.39. The van der Waals surface area contributed by atoms with Gasteiger partial charge >= 0.3 is 0 Å². The van der Waals surface area contributed by atoms with Crippen LogP contribution in [0.1, 0.15) is 29.7 Å². The first kappa shape index (κ1) is 22.0.